The fourth-order valence-electron chi connectivity index (χ4n) is 4.59. The van der Waals surface area contributed by atoms with Gasteiger partial charge in [-0.3, -0.25) is 0 Å². The summed E-state index contributed by atoms with van der Waals surface area (Å²) in [5.74, 6) is 1.69. The maximum absolute atomic E-state index is 6.30. The molecule has 0 N–H and O–H groups in total. The van der Waals surface area contributed by atoms with Gasteiger partial charge in [0.15, 0.2) is 0 Å². The van der Waals surface area contributed by atoms with Crippen molar-refractivity contribution in [2.24, 2.45) is 0 Å². The van der Waals surface area contributed by atoms with Crippen molar-refractivity contribution < 1.29 is 4.42 Å². The molecule has 156 valence electrons. The second-order valence-corrected chi connectivity index (χ2v) is 8.43. The molecule has 0 unspecified atom stereocenters. The monoisotopic (exact) mass is 423 g/mol. The Hall–Kier alpha value is -4.23. The van der Waals surface area contributed by atoms with E-state index < -0.39 is 0 Å². The van der Waals surface area contributed by atoms with Crippen molar-refractivity contribution in [3.8, 4) is 33.6 Å². The fraction of sp³-hybridized carbons (Fsp3) is 0.0312. The Morgan fingerprint density at radius 3 is 2.03 bits per heavy atom. The van der Waals surface area contributed by atoms with E-state index in [1.165, 1.54) is 33.4 Å². The maximum Gasteiger partial charge on any atom is 0.361 e. The van der Waals surface area contributed by atoms with Crippen LogP contribution in [0.4, 0.5) is 0 Å². The molecule has 33 heavy (non-hydrogen) atoms. The smallest absolute Gasteiger partial charge is 0.207 e. The van der Waals surface area contributed by atoms with Gasteiger partial charge in [0, 0.05) is 11.6 Å². The number of fused-ring (bicyclic) bond motifs is 3. The van der Waals surface area contributed by atoms with Gasteiger partial charge in [-0.15, -0.1) is 0 Å². The molecule has 0 saturated heterocycles. The van der Waals surface area contributed by atoms with Crippen LogP contribution in [-0.2, 0) is 6.42 Å². The van der Waals surface area contributed by atoms with E-state index in [9.17, 15) is 0 Å². The van der Waals surface area contributed by atoms with E-state index in [0.29, 0.717) is 0 Å². The molecule has 4 aromatic carbocycles. The van der Waals surface area contributed by atoms with Gasteiger partial charge in [0.25, 0.3) is 0 Å². The van der Waals surface area contributed by atoms with Gasteiger partial charge in [-0.1, -0.05) is 91.0 Å². The summed E-state index contributed by atoms with van der Waals surface area (Å²) in [4.78, 5) is 0. The van der Waals surface area contributed by atoms with Crippen molar-refractivity contribution in [3.05, 3.63) is 138 Å². The van der Waals surface area contributed by atoms with Crippen LogP contribution >= 0.6 is 0 Å². The molecule has 1 heteroatoms. The third-order valence-electron chi connectivity index (χ3n) is 6.24. The third-order valence-corrected chi connectivity index (χ3v) is 6.24. The van der Waals surface area contributed by atoms with Gasteiger partial charge in [-0.05, 0) is 58.0 Å². The highest BCUT2D eigenvalue weighted by Gasteiger charge is 2.19. The molecule has 1 aliphatic rings. The van der Waals surface area contributed by atoms with Gasteiger partial charge >= 0.3 is 11.5 Å². The van der Waals surface area contributed by atoms with Gasteiger partial charge < -0.3 is 0 Å². The highest BCUT2D eigenvalue weighted by atomic mass is 16.3. The van der Waals surface area contributed by atoms with Crippen LogP contribution in [0.15, 0.2) is 120 Å². The highest BCUT2D eigenvalue weighted by molar-refractivity contribution is 5.80. The summed E-state index contributed by atoms with van der Waals surface area (Å²) in [6, 6.07) is 40.4. The molecule has 0 radical (unpaired) electrons. The van der Waals surface area contributed by atoms with Crippen molar-refractivity contribution in [1.82, 2.24) is 0 Å². The van der Waals surface area contributed by atoms with Crippen molar-refractivity contribution >= 4 is 12.2 Å². The summed E-state index contributed by atoms with van der Waals surface area (Å²) in [5, 5.41) is 0. The normalized spacial score (nSPS) is 12.0. The molecule has 1 aromatic heterocycles. The number of benzene rings is 4. The second kappa shape index (κ2) is 8.37. The zero-order valence-corrected chi connectivity index (χ0v) is 18.2. The predicted octanol–water partition coefficient (Wildman–Crippen LogP) is 8.64. The van der Waals surface area contributed by atoms with Crippen LogP contribution in [0.25, 0.3) is 45.7 Å². The van der Waals surface area contributed by atoms with Crippen LogP contribution < -0.4 is 0 Å². The van der Waals surface area contributed by atoms with Crippen LogP contribution in [-0.4, -0.2) is 0 Å². The van der Waals surface area contributed by atoms with E-state index in [1.54, 1.807) is 0 Å². The summed E-state index contributed by atoms with van der Waals surface area (Å²) in [5.41, 5.74) is 10.1. The zero-order valence-electron chi connectivity index (χ0n) is 18.2. The van der Waals surface area contributed by atoms with E-state index in [1.807, 2.05) is 24.3 Å². The summed E-state index contributed by atoms with van der Waals surface area (Å²) in [7, 11) is 0. The average molecular weight is 424 g/mol. The standard InChI is InChI=1S/C32H23O/c1-3-9-24(10-4-1)27-21-29(33-32(22-27)25-11-5-2-6-12-25)17-15-23-16-18-31-28(19-23)20-26-13-7-8-14-30(26)31/h1-19,21-22H,20H2/q+1. The second-order valence-electron chi connectivity index (χ2n) is 8.43. The van der Waals surface area contributed by atoms with Crippen molar-refractivity contribution in [2.45, 2.75) is 6.42 Å². The third kappa shape index (κ3) is 3.90. The molecule has 0 bridgehead atoms. The molecular weight excluding hydrogens is 400 g/mol. The topological polar surface area (TPSA) is 11.3 Å². The number of hydrogen-bond donors (Lipinski definition) is 0. The Bertz CT molecular complexity index is 1410. The van der Waals surface area contributed by atoms with Crippen molar-refractivity contribution in [2.75, 3.05) is 0 Å². The maximum atomic E-state index is 6.30. The van der Waals surface area contributed by atoms with Crippen LogP contribution in [0, 0.1) is 0 Å². The van der Waals surface area contributed by atoms with Crippen LogP contribution in [0.1, 0.15) is 22.5 Å². The minimum absolute atomic E-state index is 0.832. The van der Waals surface area contributed by atoms with Crippen LogP contribution in [0.2, 0.25) is 0 Å². The summed E-state index contributed by atoms with van der Waals surface area (Å²) >= 11 is 0. The highest BCUT2D eigenvalue weighted by Crippen LogP contribution is 2.37. The van der Waals surface area contributed by atoms with E-state index in [4.69, 9.17) is 4.42 Å². The lowest BCUT2D eigenvalue weighted by Gasteiger charge is -2.02. The molecule has 0 fully saturated rings. The summed E-state index contributed by atoms with van der Waals surface area (Å²) in [6.07, 6.45) is 5.22. The first kappa shape index (κ1) is 19.5. The SMILES string of the molecule is C(=Cc1cc(-c2ccccc2)cc(-c2ccccc2)[o+]1)c1ccc2c(c1)Cc1ccccc1-2. The van der Waals surface area contributed by atoms with E-state index in [2.05, 4.69) is 103 Å². The van der Waals surface area contributed by atoms with E-state index in [0.717, 1.165) is 29.1 Å². The summed E-state index contributed by atoms with van der Waals surface area (Å²) < 4.78 is 6.30. The van der Waals surface area contributed by atoms with Gasteiger partial charge in [-0.2, -0.15) is 0 Å². The Morgan fingerprint density at radius 2 is 1.21 bits per heavy atom. The Morgan fingerprint density at radius 1 is 0.515 bits per heavy atom. The quantitative estimate of drug-likeness (QED) is 0.258. The first-order valence-corrected chi connectivity index (χ1v) is 11.3. The number of rotatable bonds is 4. The minimum Gasteiger partial charge on any atom is -0.207 e. The molecule has 0 amide bonds. The van der Waals surface area contributed by atoms with Gasteiger partial charge in [-0.25, -0.2) is 4.42 Å². The lowest BCUT2D eigenvalue weighted by Crippen LogP contribution is -1.85. The molecule has 0 saturated carbocycles. The first-order chi connectivity index (χ1) is 16.3. The number of hydrogen-bond acceptors (Lipinski definition) is 0. The Balaban J connectivity index is 1.37. The Kier molecular flexibility index (Phi) is 4.93. The molecule has 6 rings (SSSR count). The largest absolute Gasteiger partial charge is 0.361 e. The van der Waals surface area contributed by atoms with Crippen LogP contribution in [0.3, 0.4) is 0 Å². The minimum atomic E-state index is 0.832. The molecule has 0 spiro atoms. The molecule has 0 aliphatic heterocycles. The molecular formula is C32H23O+. The van der Waals surface area contributed by atoms with Crippen LogP contribution in [0.5, 0.6) is 0 Å². The lowest BCUT2D eigenvalue weighted by atomic mass is 10.0. The first-order valence-electron chi connectivity index (χ1n) is 11.3. The van der Waals surface area contributed by atoms with Crippen molar-refractivity contribution in [1.29, 1.82) is 0 Å². The predicted molar refractivity (Wildman–Crippen MR) is 138 cm³/mol. The molecule has 5 aromatic rings. The van der Waals surface area contributed by atoms with Crippen molar-refractivity contribution in [3.63, 3.8) is 0 Å². The average Bonchev–Trinajstić information content (AvgIpc) is 3.26. The van der Waals surface area contributed by atoms with Gasteiger partial charge in [0.05, 0.1) is 17.7 Å². The van der Waals surface area contributed by atoms with Gasteiger partial charge in [0.2, 0.25) is 0 Å². The molecule has 0 atom stereocenters. The van der Waals surface area contributed by atoms with E-state index >= 15 is 0 Å². The summed E-state index contributed by atoms with van der Waals surface area (Å²) in [6.45, 7) is 0. The molecule has 1 heterocycles. The Labute approximate surface area is 194 Å². The lowest BCUT2D eigenvalue weighted by molar-refractivity contribution is 0.556. The van der Waals surface area contributed by atoms with E-state index in [-0.39, 0.29) is 0 Å². The van der Waals surface area contributed by atoms with Gasteiger partial charge in [0.1, 0.15) is 0 Å². The molecule has 1 nitrogen and oxygen atoms in total. The zero-order chi connectivity index (χ0) is 22.0. The molecule has 1 aliphatic carbocycles. The fourth-order valence-corrected chi connectivity index (χ4v) is 4.59.